The Morgan fingerprint density at radius 3 is 1.68 bits per heavy atom. The van der Waals surface area contributed by atoms with Gasteiger partial charge in [-0.05, 0) is 87.1 Å². The maximum absolute atomic E-state index is 10.9. The van der Waals surface area contributed by atoms with Crippen LogP contribution in [0.25, 0.3) is 11.1 Å². The van der Waals surface area contributed by atoms with Crippen LogP contribution in [0.15, 0.2) is 48.6 Å². The van der Waals surface area contributed by atoms with Crippen LogP contribution in [0.5, 0.6) is 11.5 Å². The first-order valence-corrected chi connectivity index (χ1v) is 13.3. The number of anilines is 1. The van der Waals surface area contributed by atoms with Gasteiger partial charge in [-0.2, -0.15) is 0 Å². The summed E-state index contributed by atoms with van der Waals surface area (Å²) in [4.78, 5) is 15.3. The predicted molar refractivity (Wildman–Crippen MR) is 156 cm³/mol. The molecule has 2 N–H and O–H groups in total. The van der Waals surface area contributed by atoms with Crippen molar-refractivity contribution in [3.05, 3.63) is 69.8 Å². The SMILES string of the molecule is COc1cc(C2=CCN(C(C)C)CC2)ccc1N.COc1cc(C2=CCN(C(C)C)CC2)ccc1[N+](=O)[O-]. The molecule has 2 aromatic carbocycles. The molecular weight excluding hydrogens is 480 g/mol. The van der Waals surface area contributed by atoms with Gasteiger partial charge in [-0.1, -0.05) is 18.2 Å². The second kappa shape index (κ2) is 13.4. The van der Waals surface area contributed by atoms with Crippen molar-refractivity contribution < 1.29 is 14.4 Å². The normalized spacial score (nSPS) is 16.4. The molecule has 2 aliphatic heterocycles. The van der Waals surface area contributed by atoms with Gasteiger partial charge in [0.05, 0.1) is 24.8 Å². The Bertz CT molecular complexity index is 1170. The minimum Gasteiger partial charge on any atom is -0.495 e. The molecule has 2 aliphatic rings. The van der Waals surface area contributed by atoms with Gasteiger partial charge in [-0.15, -0.1) is 0 Å². The zero-order chi connectivity index (χ0) is 27.8. The Balaban J connectivity index is 0.000000212. The number of methoxy groups -OCH3 is 2. The van der Waals surface area contributed by atoms with Crippen LogP contribution in [0, 0.1) is 10.1 Å². The molecular formula is C30H42N4O4. The molecule has 8 heteroatoms. The molecule has 0 bridgehead atoms. The number of nitro benzene ring substituents is 1. The summed E-state index contributed by atoms with van der Waals surface area (Å²) in [5.41, 5.74) is 11.4. The Labute approximate surface area is 226 Å². The van der Waals surface area contributed by atoms with E-state index in [1.807, 2.05) is 12.1 Å². The molecule has 206 valence electrons. The van der Waals surface area contributed by atoms with Crippen LogP contribution in [0.1, 0.15) is 51.7 Å². The highest BCUT2D eigenvalue weighted by Gasteiger charge is 2.19. The number of nitro groups is 1. The van der Waals surface area contributed by atoms with Gasteiger partial charge < -0.3 is 15.2 Å². The fourth-order valence-electron chi connectivity index (χ4n) is 4.77. The Morgan fingerprint density at radius 1 is 0.816 bits per heavy atom. The van der Waals surface area contributed by atoms with Crippen molar-refractivity contribution in [1.82, 2.24) is 9.80 Å². The summed E-state index contributed by atoms with van der Waals surface area (Å²) >= 11 is 0. The highest BCUT2D eigenvalue weighted by molar-refractivity contribution is 5.71. The number of hydrogen-bond donors (Lipinski definition) is 1. The maximum Gasteiger partial charge on any atom is 0.310 e. The van der Waals surface area contributed by atoms with Crippen LogP contribution in [0.2, 0.25) is 0 Å². The molecule has 4 rings (SSSR count). The van der Waals surface area contributed by atoms with Crippen molar-refractivity contribution in [2.45, 2.75) is 52.6 Å². The van der Waals surface area contributed by atoms with Gasteiger partial charge in [-0.25, -0.2) is 0 Å². The van der Waals surface area contributed by atoms with Gasteiger partial charge in [0.25, 0.3) is 0 Å². The Hall–Kier alpha value is -3.36. The van der Waals surface area contributed by atoms with Crippen molar-refractivity contribution in [3.63, 3.8) is 0 Å². The van der Waals surface area contributed by atoms with Crippen molar-refractivity contribution >= 4 is 22.5 Å². The number of nitrogens with zero attached hydrogens (tertiary/aromatic N) is 3. The lowest BCUT2D eigenvalue weighted by molar-refractivity contribution is -0.385. The molecule has 0 fully saturated rings. The zero-order valence-electron chi connectivity index (χ0n) is 23.6. The third-order valence-electron chi connectivity index (χ3n) is 7.29. The summed E-state index contributed by atoms with van der Waals surface area (Å²) in [6.45, 7) is 12.9. The van der Waals surface area contributed by atoms with E-state index in [0.717, 1.165) is 50.3 Å². The third kappa shape index (κ3) is 7.36. The quantitative estimate of drug-likeness (QED) is 0.276. The fraction of sp³-hybridized carbons (Fsp3) is 0.467. The average Bonchev–Trinajstić information content (AvgIpc) is 2.93. The summed E-state index contributed by atoms with van der Waals surface area (Å²) in [6.07, 6.45) is 6.56. The van der Waals surface area contributed by atoms with Gasteiger partial charge in [-0.3, -0.25) is 19.9 Å². The lowest BCUT2D eigenvalue weighted by atomic mass is 9.98. The first kappa shape index (κ1) is 29.2. The molecule has 0 unspecified atom stereocenters. The van der Waals surface area contributed by atoms with Gasteiger partial charge in [0, 0.05) is 44.3 Å². The summed E-state index contributed by atoms with van der Waals surface area (Å²) in [5, 5.41) is 10.9. The largest absolute Gasteiger partial charge is 0.495 e. The van der Waals surface area contributed by atoms with E-state index in [0.29, 0.717) is 23.5 Å². The van der Waals surface area contributed by atoms with Crippen molar-refractivity contribution in [2.24, 2.45) is 0 Å². The number of hydrogen-bond acceptors (Lipinski definition) is 7. The molecule has 0 spiro atoms. The van der Waals surface area contributed by atoms with Gasteiger partial charge >= 0.3 is 5.69 Å². The minimum absolute atomic E-state index is 0.0106. The molecule has 0 saturated carbocycles. The predicted octanol–water partition coefficient (Wildman–Crippen LogP) is 5.88. The highest BCUT2D eigenvalue weighted by Crippen LogP contribution is 2.32. The number of nitrogens with two attached hydrogens (primary N) is 1. The van der Waals surface area contributed by atoms with E-state index in [-0.39, 0.29) is 5.69 Å². The third-order valence-corrected chi connectivity index (χ3v) is 7.29. The first-order valence-electron chi connectivity index (χ1n) is 13.3. The number of ether oxygens (including phenoxy) is 2. The number of rotatable bonds is 7. The number of benzene rings is 2. The van der Waals surface area contributed by atoms with E-state index < -0.39 is 4.92 Å². The van der Waals surface area contributed by atoms with E-state index in [9.17, 15) is 10.1 Å². The summed E-state index contributed by atoms with van der Waals surface area (Å²) in [5.74, 6) is 1.08. The molecule has 8 nitrogen and oxygen atoms in total. The van der Waals surface area contributed by atoms with E-state index in [1.54, 1.807) is 19.2 Å². The molecule has 2 aromatic rings. The number of nitrogen functional groups attached to an aromatic ring is 1. The van der Waals surface area contributed by atoms with Gasteiger partial charge in [0.1, 0.15) is 5.75 Å². The molecule has 0 amide bonds. The van der Waals surface area contributed by atoms with Crippen LogP contribution >= 0.6 is 0 Å². The zero-order valence-corrected chi connectivity index (χ0v) is 23.6. The monoisotopic (exact) mass is 522 g/mol. The van der Waals surface area contributed by atoms with Crippen LogP contribution < -0.4 is 15.2 Å². The Morgan fingerprint density at radius 2 is 1.29 bits per heavy atom. The van der Waals surface area contributed by atoms with Crippen LogP contribution in [0.3, 0.4) is 0 Å². The van der Waals surface area contributed by atoms with Crippen molar-refractivity contribution in [2.75, 3.05) is 46.1 Å². The van der Waals surface area contributed by atoms with Crippen molar-refractivity contribution in [1.29, 1.82) is 0 Å². The average molecular weight is 523 g/mol. The van der Waals surface area contributed by atoms with E-state index in [1.165, 1.54) is 29.9 Å². The smallest absolute Gasteiger partial charge is 0.310 e. The molecule has 0 aromatic heterocycles. The molecule has 0 atom stereocenters. The first-order chi connectivity index (χ1) is 18.1. The summed E-state index contributed by atoms with van der Waals surface area (Å²) < 4.78 is 10.4. The fourth-order valence-corrected chi connectivity index (χ4v) is 4.77. The molecule has 0 radical (unpaired) electrons. The standard InChI is InChI=1S/C15H20N2O3.C15H22N2O/c1-11(2)16-8-6-12(7-9-16)13-4-5-14(17(18)19)15(10-13)20-3;1-11(2)17-8-6-12(7-9-17)13-4-5-14(16)15(10-13)18-3/h4-6,10-11H,7-9H2,1-3H3;4-6,10-11H,7-9,16H2,1-3H3. The molecule has 38 heavy (non-hydrogen) atoms. The summed E-state index contributed by atoms with van der Waals surface area (Å²) in [6, 6.07) is 12.3. The molecule has 2 heterocycles. The van der Waals surface area contributed by atoms with Gasteiger partial charge in [0.2, 0.25) is 0 Å². The maximum atomic E-state index is 10.9. The van der Waals surface area contributed by atoms with Crippen LogP contribution in [0.4, 0.5) is 11.4 Å². The van der Waals surface area contributed by atoms with Crippen LogP contribution in [-0.2, 0) is 0 Å². The Kier molecular flexibility index (Phi) is 10.3. The van der Waals surface area contributed by atoms with Crippen molar-refractivity contribution in [3.8, 4) is 11.5 Å². The lowest BCUT2D eigenvalue weighted by Gasteiger charge is -2.29. The van der Waals surface area contributed by atoms with Gasteiger partial charge in [0.15, 0.2) is 5.75 Å². The summed E-state index contributed by atoms with van der Waals surface area (Å²) in [7, 11) is 3.12. The van der Waals surface area contributed by atoms with E-state index >= 15 is 0 Å². The lowest BCUT2D eigenvalue weighted by Crippen LogP contribution is -2.34. The molecule has 0 aliphatic carbocycles. The minimum atomic E-state index is -0.418. The topological polar surface area (TPSA) is 94.1 Å². The highest BCUT2D eigenvalue weighted by atomic mass is 16.6. The molecule has 0 saturated heterocycles. The van der Waals surface area contributed by atoms with Crippen LogP contribution in [-0.4, -0.2) is 67.2 Å². The van der Waals surface area contributed by atoms with E-state index in [2.05, 4.69) is 55.7 Å². The second-order valence-electron chi connectivity index (χ2n) is 10.2. The second-order valence-corrected chi connectivity index (χ2v) is 10.2. The van der Waals surface area contributed by atoms with E-state index in [4.69, 9.17) is 15.2 Å².